The minimum absolute atomic E-state index is 0.113. The summed E-state index contributed by atoms with van der Waals surface area (Å²) in [5.41, 5.74) is 1.70. The van der Waals surface area contributed by atoms with E-state index >= 15 is 0 Å². The Kier molecular flexibility index (Phi) is 3.20. The minimum atomic E-state index is -0.813. The molecule has 2 aromatic heterocycles. The molecule has 0 radical (unpaired) electrons. The van der Waals surface area contributed by atoms with Crippen molar-refractivity contribution in [1.29, 1.82) is 0 Å². The number of nitrogens with zero attached hydrogens (tertiary/aromatic N) is 5. The van der Waals surface area contributed by atoms with E-state index in [-0.39, 0.29) is 6.42 Å². The van der Waals surface area contributed by atoms with Crippen LogP contribution >= 0.6 is 11.3 Å². The highest BCUT2D eigenvalue weighted by atomic mass is 32.1. The van der Waals surface area contributed by atoms with E-state index in [1.54, 1.807) is 16.4 Å². The molecule has 0 aromatic carbocycles. The first-order valence-corrected chi connectivity index (χ1v) is 5.52. The lowest BCUT2D eigenvalue weighted by atomic mass is 10.3. The zero-order valence-electron chi connectivity index (χ0n) is 8.28. The number of tetrazole rings is 1. The van der Waals surface area contributed by atoms with Crippen molar-refractivity contribution in [1.82, 2.24) is 25.2 Å². The van der Waals surface area contributed by atoms with E-state index in [0.717, 1.165) is 4.88 Å². The first-order chi connectivity index (χ1) is 7.77. The second kappa shape index (κ2) is 4.79. The molecule has 0 saturated carbocycles. The van der Waals surface area contributed by atoms with Crippen molar-refractivity contribution in [2.75, 3.05) is 0 Å². The third-order valence-electron chi connectivity index (χ3n) is 1.95. The van der Waals surface area contributed by atoms with Gasteiger partial charge in [0.25, 0.3) is 0 Å². The van der Waals surface area contributed by atoms with Crippen molar-refractivity contribution in [3.05, 3.63) is 11.7 Å². The van der Waals surface area contributed by atoms with Gasteiger partial charge >= 0.3 is 5.97 Å². The molecule has 2 rings (SSSR count). The maximum atomic E-state index is 10.4. The maximum absolute atomic E-state index is 10.4. The molecule has 0 unspecified atom stereocenters. The number of hydrogen-bond acceptors (Lipinski definition) is 6. The molecular formula is C8H9N5O2S. The van der Waals surface area contributed by atoms with Crippen LogP contribution in [-0.2, 0) is 11.3 Å². The molecule has 0 amide bonds. The van der Waals surface area contributed by atoms with Crippen LogP contribution in [0.3, 0.4) is 0 Å². The second-order valence-electron chi connectivity index (χ2n) is 3.09. The highest BCUT2D eigenvalue weighted by molar-refractivity contribution is 7.13. The van der Waals surface area contributed by atoms with Crippen LogP contribution in [0.15, 0.2) is 11.7 Å². The number of aryl methyl sites for hydroxylation is 1. The average molecular weight is 239 g/mol. The van der Waals surface area contributed by atoms with Crippen LogP contribution < -0.4 is 0 Å². The molecule has 8 heteroatoms. The molecule has 0 atom stereocenters. The largest absolute Gasteiger partial charge is 0.481 e. The predicted octanol–water partition coefficient (Wildman–Crippen LogP) is 0.661. The first-order valence-electron chi connectivity index (χ1n) is 4.64. The summed E-state index contributed by atoms with van der Waals surface area (Å²) >= 11 is 1.44. The average Bonchev–Trinajstić information content (AvgIpc) is 2.84. The summed E-state index contributed by atoms with van der Waals surface area (Å²) in [6.45, 7) is 0.493. The SMILES string of the molecule is O=C(O)CCCn1nnnc1-c1cncs1. The summed E-state index contributed by atoms with van der Waals surface area (Å²) in [4.78, 5) is 15.2. The topological polar surface area (TPSA) is 93.8 Å². The van der Waals surface area contributed by atoms with Gasteiger partial charge in [0.15, 0.2) is 5.82 Å². The van der Waals surface area contributed by atoms with Gasteiger partial charge in [0, 0.05) is 19.2 Å². The van der Waals surface area contributed by atoms with Gasteiger partial charge in [-0.3, -0.25) is 9.78 Å². The molecular weight excluding hydrogens is 230 g/mol. The molecule has 0 saturated heterocycles. The molecule has 2 aromatic rings. The van der Waals surface area contributed by atoms with Gasteiger partial charge in [0.2, 0.25) is 0 Å². The molecule has 0 spiro atoms. The van der Waals surface area contributed by atoms with E-state index in [0.29, 0.717) is 18.8 Å². The number of carboxylic acids is 1. The van der Waals surface area contributed by atoms with Gasteiger partial charge in [-0.05, 0) is 16.8 Å². The quantitative estimate of drug-likeness (QED) is 0.823. The fourth-order valence-electron chi connectivity index (χ4n) is 1.24. The Bertz CT molecular complexity index is 466. The summed E-state index contributed by atoms with van der Waals surface area (Å²) in [5.74, 6) is -0.180. The van der Waals surface area contributed by atoms with Crippen molar-refractivity contribution in [3.63, 3.8) is 0 Å². The highest BCUT2D eigenvalue weighted by Crippen LogP contribution is 2.19. The van der Waals surface area contributed by atoms with Gasteiger partial charge in [-0.1, -0.05) is 0 Å². The lowest BCUT2D eigenvalue weighted by Gasteiger charge is -2.00. The summed E-state index contributed by atoms with van der Waals surface area (Å²) in [6.07, 6.45) is 2.30. The molecule has 0 aliphatic heterocycles. The standard InChI is InChI=1S/C8H9N5O2S/c14-7(15)2-1-3-13-8(10-11-12-13)6-4-9-5-16-6/h4-5H,1-3H2,(H,14,15). The van der Waals surface area contributed by atoms with E-state index in [4.69, 9.17) is 5.11 Å². The lowest BCUT2D eigenvalue weighted by Crippen LogP contribution is -2.05. The van der Waals surface area contributed by atoms with E-state index in [9.17, 15) is 4.79 Å². The molecule has 0 bridgehead atoms. The van der Waals surface area contributed by atoms with Crippen LogP contribution in [0, 0.1) is 0 Å². The maximum Gasteiger partial charge on any atom is 0.303 e. The molecule has 7 nitrogen and oxygen atoms in total. The first kappa shape index (κ1) is 10.7. The third kappa shape index (κ3) is 2.40. The number of rotatable bonds is 5. The van der Waals surface area contributed by atoms with Crippen molar-refractivity contribution in [2.45, 2.75) is 19.4 Å². The Balaban J connectivity index is 2.05. The smallest absolute Gasteiger partial charge is 0.303 e. The number of aliphatic carboxylic acids is 1. The van der Waals surface area contributed by atoms with Crippen molar-refractivity contribution in [3.8, 4) is 10.7 Å². The summed E-state index contributed by atoms with van der Waals surface area (Å²) in [5, 5.41) is 19.8. The van der Waals surface area contributed by atoms with Crippen LogP contribution in [0.4, 0.5) is 0 Å². The van der Waals surface area contributed by atoms with E-state index in [1.807, 2.05) is 0 Å². The van der Waals surface area contributed by atoms with E-state index in [2.05, 4.69) is 20.5 Å². The summed E-state index contributed by atoms with van der Waals surface area (Å²) in [6, 6.07) is 0. The van der Waals surface area contributed by atoms with Crippen LogP contribution in [0.2, 0.25) is 0 Å². The van der Waals surface area contributed by atoms with Crippen molar-refractivity contribution < 1.29 is 9.90 Å². The zero-order valence-corrected chi connectivity index (χ0v) is 9.09. The fraction of sp³-hybridized carbons (Fsp3) is 0.375. The minimum Gasteiger partial charge on any atom is -0.481 e. The number of aromatic nitrogens is 5. The molecule has 0 aliphatic carbocycles. The van der Waals surface area contributed by atoms with Crippen LogP contribution in [0.5, 0.6) is 0 Å². The predicted molar refractivity (Wildman–Crippen MR) is 55.8 cm³/mol. The van der Waals surface area contributed by atoms with Gasteiger partial charge in [-0.25, -0.2) is 4.68 Å². The Hall–Kier alpha value is -1.83. The molecule has 1 N–H and O–H groups in total. The van der Waals surface area contributed by atoms with Crippen LogP contribution in [-0.4, -0.2) is 36.3 Å². The van der Waals surface area contributed by atoms with E-state index in [1.165, 1.54) is 11.3 Å². The molecule has 84 valence electrons. The molecule has 0 fully saturated rings. The number of carboxylic acid groups (broad SMARTS) is 1. The van der Waals surface area contributed by atoms with Gasteiger partial charge < -0.3 is 5.11 Å². The fourth-order valence-corrected chi connectivity index (χ4v) is 1.85. The normalized spacial score (nSPS) is 10.5. The molecule has 0 aliphatic rings. The second-order valence-corrected chi connectivity index (χ2v) is 3.97. The Labute approximate surface area is 94.7 Å². The summed E-state index contributed by atoms with van der Waals surface area (Å²) in [7, 11) is 0. The molecule has 16 heavy (non-hydrogen) atoms. The van der Waals surface area contributed by atoms with Crippen LogP contribution in [0.25, 0.3) is 10.7 Å². The number of thiazole rings is 1. The lowest BCUT2D eigenvalue weighted by molar-refractivity contribution is -0.137. The van der Waals surface area contributed by atoms with Crippen molar-refractivity contribution >= 4 is 17.3 Å². The van der Waals surface area contributed by atoms with Gasteiger partial charge in [0.05, 0.1) is 10.4 Å². The van der Waals surface area contributed by atoms with Crippen molar-refractivity contribution in [2.24, 2.45) is 0 Å². The van der Waals surface area contributed by atoms with Gasteiger partial charge in [-0.15, -0.1) is 16.4 Å². The van der Waals surface area contributed by atoms with Crippen LogP contribution in [0.1, 0.15) is 12.8 Å². The highest BCUT2D eigenvalue weighted by Gasteiger charge is 2.10. The van der Waals surface area contributed by atoms with E-state index < -0.39 is 5.97 Å². The summed E-state index contributed by atoms with van der Waals surface area (Å²) < 4.78 is 1.59. The van der Waals surface area contributed by atoms with Gasteiger partial charge in [0.1, 0.15) is 0 Å². The zero-order chi connectivity index (χ0) is 11.4. The number of hydrogen-bond donors (Lipinski definition) is 1. The molecule has 2 heterocycles. The Morgan fingerprint density at radius 3 is 3.12 bits per heavy atom. The Morgan fingerprint density at radius 2 is 2.44 bits per heavy atom. The third-order valence-corrected chi connectivity index (χ3v) is 2.71. The Morgan fingerprint density at radius 1 is 1.56 bits per heavy atom. The monoisotopic (exact) mass is 239 g/mol. The van der Waals surface area contributed by atoms with Gasteiger partial charge in [-0.2, -0.15) is 0 Å². The number of carbonyl (C=O) groups is 1.